The van der Waals surface area contributed by atoms with E-state index in [1.54, 1.807) is 23.1 Å². The van der Waals surface area contributed by atoms with E-state index in [1.807, 2.05) is 42.5 Å². The van der Waals surface area contributed by atoms with Gasteiger partial charge in [-0.1, -0.05) is 44.2 Å². The molecule has 1 aliphatic carbocycles. The third-order valence-electron chi connectivity index (χ3n) is 8.35. The number of nitrogens with two attached hydrogens (primary N) is 1. The van der Waals surface area contributed by atoms with Gasteiger partial charge >= 0.3 is 6.18 Å². The molecular formula is C32H32F3N5O2. The maximum atomic E-state index is 13.2. The van der Waals surface area contributed by atoms with Crippen molar-refractivity contribution in [2.24, 2.45) is 17.1 Å². The molecule has 2 amide bonds. The van der Waals surface area contributed by atoms with Gasteiger partial charge in [-0.2, -0.15) is 18.3 Å². The van der Waals surface area contributed by atoms with Crippen molar-refractivity contribution in [2.45, 2.75) is 51.2 Å². The zero-order valence-electron chi connectivity index (χ0n) is 23.3. The molecular weight excluding hydrogens is 543 g/mol. The summed E-state index contributed by atoms with van der Waals surface area (Å²) < 4.78 is 41.3. The number of alkyl halides is 3. The minimum atomic E-state index is -4.44. The van der Waals surface area contributed by atoms with E-state index in [0.29, 0.717) is 24.2 Å². The fraction of sp³-hybridized carbons (Fsp3) is 0.312. The first-order chi connectivity index (χ1) is 19.9. The van der Waals surface area contributed by atoms with Gasteiger partial charge in [-0.3, -0.25) is 14.6 Å². The Morgan fingerprint density at radius 3 is 2.38 bits per heavy atom. The summed E-state index contributed by atoms with van der Waals surface area (Å²) in [6.45, 7) is 4.14. The number of hydrogen-bond donors (Lipinski definition) is 2. The molecule has 0 unspecified atom stereocenters. The van der Waals surface area contributed by atoms with Crippen molar-refractivity contribution in [1.29, 1.82) is 0 Å². The Kier molecular flexibility index (Phi) is 7.90. The molecule has 5 rings (SSSR count). The number of aromatic nitrogens is 3. The summed E-state index contributed by atoms with van der Waals surface area (Å²) in [6, 6.07) is 19.1. The standard InChI is InChI=1S/C32H32F3N5O2/c1-31(2)23(17-29(41)38-27(30(36)42)15-20-7-4-3-5-8-20)16-25(31)28-18-26(21-9-6-14-37-19-21)39-40(28)24-12-10-22(11-13-24)32(33,34)35/h3-14,18-19,23,25,27H,15-17H2,1-2H3,(H2,36,42)(H,38,41)/t23-,25+,27+/m1/s1. The molecule has 0 aliphatic heterocycles. The lowest BCUT2D eigenvalue weighted by Crippen LogP contribution is -2.49. The molecule has 2 heterocycles. The fourth-order valence-electron chi connectivity index (χ4n) is 5.71. The molecule has 1 fully saturated rings. The lowest BCUT2D eigenvalue weighted by molar-refractivity contribution is -0.137. The molecule has 3 N–H and O–H groups in total. The minimum absolute atomic E-state index is 0.00514. The molecule has 1 aliphatic rings. The Morgan fingerprint density at radius 2 is 1.79 bits per heavy atom. The van der Waals surface area contributed by atoms with Crippen molar-refractivity contribution in [3.05, 3.63) is 102 Å². The Balaban J connectivity index is 1.36. The van der Waals surface area contributed by atoms with Crippen LogP contribution in [0.2, 0.25) is 0 Å². The second-order valence-electron chi connectivity index (χ2n) is 11.4. The average molecular weight is 576 g/mol. The molecule has 2 aromatic heterocycles. The summed E-state index contributed by atoms with van der Waals surface area (Å²) in [6.07, 6.45) is 0.0926. The Labute approximate surface area is 242 Å². The first kappa shape index (κ1) is 29.0. The molecule has 0 spiro atoms. The van der Waals surface area contributed by atoms with Crippen molar-refractivity contribution in [3.63, 3.8) is 0 Å². The van der Waals surface area contributed by atoms with E-state index in [2.05, 4.69) is 24.1 Å². The summed E-state index contributed by atoms with van der Waals surface area (Å²) in [7, 11) is 0. The van der Waals surface area contributed by atoms with E-state index >= 15 is 0 Å². The van der Waals surface area contributed by atoms with E-state index < -0.39 is 23.7 Å². The van der Waals surface area contributed by atoms with Crippen molar-refractivity contribution < 1.29 is 22.8 Å². The van der Waals surface area contributed by atoms with Crippen LogP contribution in [0, 0.1) is 11.3 Å². The number of benzene rings is 2. The van der Waals surface area contributed by atoms with Crippen molar-refractivity contribution >= 4 is 11.8 Å². The number of carbonyl (C=O) groups is 2. The van der Waals surface area contributed by atoms with Gasteiger partial charge in [0, 0.05) is 42.4 Å². The summed E-state index contributed by atoms with van der Waals surface area (Å²) in [5.41, 5.74) is 8.20. The van der Waals surface area contributed by atoms with E-state index in [1.165, 1.54) is 12.1 Å². The number of hydrogen-bond acceptors (Lipinski definition) is 4. The molecule has 7 nitrogen and oxygen atoms in total. The molecule has 0 bridgehead atoms. The maximum Gasteiger partial charge on any atom is 0.416 e. The molecule has 218 valence electrons. The monoisotopic (exact) mass is 575 g/mol. The summed E-state index contributed by atoms with van der Waals surface area (Å²) in [5.74, 6) is -0.864. The van der Waals surface area contributed by atoms with E-state index in [-0.39, 0.29) is 29.6 Å². The van der Waals surface area contributed by atoms with Crippen LogP contribution in [-0.4, -0.2) is 32.6 Å². The smallest absolute Gasteiger partial charge is 0.368 e. The normalized spacial score (nSPS) is 18.6. The number of carbonyl (C=O) groups excluding carboxylic acids is 2. The number of nitrogens with one attached hydrogen (secondary N) is 1. The van der Waals surface area contributed by atoms with Crippen molar-refractivity contribution in [2.75, 3.05) is 0 Å². The number of pyridine rings is 1. The molecule has 42 heavy (non-hydrogen) atoms. The Bertz CT molecular complexity index is 1550. The SMILES string of the molecule is CC1(C)[C@@H](CC(=O)N[C@@H](Cc2ccccc2)C(N)=O)C[C@H]1c1cc(-c2cccnc2)nn1-c1ccc(C(F)(F)F)cc1. The van der Waals surface area contributed by atoms with Gasteiger partial charge in [0.2, 0.25) is 11.8 Å². The van der Waals surface area contributed by atoms with Crippen LogP contribution >= 0.6 is 0 Å². The first-order valence-electron chi connectivity index (χ1n) is 13.7. The summed E-state index contributed by atoms with van der Waals surface area (Å²) in [5, 5.41) is 7.57. The highest BCUT2D eigenvalue weighted by atomic mass is 19.4. The fourth-order valence-corrected chi connectivity index (χ4v) is 5.71. The third kappa shape index (κ3) is 6.07. The number of halogens is 3. The molecule has 3 atom stereocenters. The maximum absolute atomic E-state index is 13.2. The zero-order chi connectivity index (χ0) is 30.1. The second-order valence-corrected chi connectivity index (χ2v) is 11.4. The van der Waals surface area contributed by atoms with Crippen molar-refractivity contribution in [1.82, 2.24) is 20.1 Å². The van der Waals surface area contributed by atoms with E-state index in [9.17, 15) is 22.8 Å². The third-order valence-corrected chi connectivity index (χ3v) is 8.35. The van der Waals surface area contributed by atoms with Gasteiger partial charge in [0.05, 0.1) is 16.9 Å². The average Bonchev–Trinajstić information content (AvgIpc) is 3.40. The molecule has 4 aromatic rings. The Morgan fingerprint density at radius 1 is 1.07 bits per heavy atom. The predicted molar refractivity (Wildman–Crippen MR) is 152 cm³/mol. The molecule has 0 radical (unpaired) electrons. The molecule has 2 aromatic carbocycles. The molecule has 10 heteroatoms. The van der Waals surface area contributed by atoms with Gasteiger partial charge in [-0.05, 0) is 65.8 Å². The van der Waals surface area contributed by atoms with Crippen LogP contribution in [-0.2, 0) is 22.2 Å². The lowest BCUT2D eigenvalue weighted by atomic mass is 9.52. The van der Waals surface area contributed by atoms with E-state index in [4.69, 9.17) is 10.8 Å². The van der Waals surface area contributed by atoms with Crippen LogP contribution in [0.3, 0.4) is 0 Å². The van der Waals surface area contributed by atoms with Crippen LogP contribution in [0.15, 0.2) is 85.2 Å². The summed E-state index contributed by atoms with van der Waals surface area (Å²) in [4.78, 5) is 29.3. The molecule has 0 saturated heterocycles. The van der Waals surface area contributed by atoms with Gasteiger partial charge in [-0.15, -0.1) is 0 Å². The van der Waals surface area contributed by atoms with Crippen LogP contribution in [0.25, 0.3) is 16.9 Å². The first-order valence-corrected chi connectivity index (χ1v) is 13.7. The second kappa shape index (κ2) is 11.4. The highest BCUT2D eigenvalue weighted by Crippen LogP contribution is 2.58. The highest BCUT2D eigenvalue weighted by Gasteiger charge is 2.50. The minimum Gasteiger partial charge on any atom is -0.368 e. The quantitative estimate of drug-likeness (QED) is 0.268. The van der Waals surface area contributed by atoms with Crippen molar-refractivity contribution in [3.8, 4) is 16.9 Å². The van der Waals surface area contributed by atoms with Gasteiger partial charge in [-0.25, -0.2) is 4.68 Å². The highest BCUT2D eigenvalue weighted by molar-refractivity contribution is 5.87. The number of primary amides is 1. The summed E-state index contributed by atoms with van der Waals surface area (Å²) >= 11 is 0. The topological polar surface area (TPSA) is 103 Å². The van der Waals surface area contributed by atoms with Crippen LogP contribution in [0.5, 0.6) is 0 Å². The van der Waals surface area contributed by atoms with Crippen LogP contribution in [0.1, 0.15) is 49.4 Å². The van der Waals surface area contributed by atoms with Crippen LogP contribution in [0.4, 0.5) is 13.2 Å². The van der Waals surface area contributed by atoms with E-state index in [0.717, 1.165) is 29.0 Å². The lowest BCUT2D eigenvalue weighted by Gasteiger charge is -2.52. The van der Waals surface area contributed by atoms with Gasteiger partial charge in [0.25, 0.3) is 0 Å². The number of amides is 2. The number of rotatable bonds is 9. The van der Waals surface area contributed by atoms with Gasteiger partial charge in [0.15, 0.2) is 0 Å². The number of nitrogens with zero attached hydrogens (tertiary/aromatic N) is 3. The van der Waals surface area contributed by atoms with Gasteiger partial charge in [0.1, 0.15) is 6.04 Å². The van der Waals surface area contributed by atoms with Gasteiger partial charge < -0.3 is 11.1 Å². The largest absolute Gasteiger partial charge is 0.416 e. The van der Waals surface area contributed by atoms with Crippen LogP contribution < -0.4 is 11.1 Å². The zero-order valence-corrected chi connectivity index (χ0v) is 23.3. The molecule has 1 saturated carbocycles. The Hall–Kier alpha value is -4.47. The predicted octanol–water partition coefficient (Wildman–Crippen LogP) is 5.69.